The van der Waals surface area contributed by atoms with Crippen LogP contribution in [0.4, 0.5) is 0 Å². The van der Waals surface area contributed by atoms with Crippen molar-refractivity contribution in [2.45, 2.75) is 45.1 Å². The van der Waals surface area contributed by atoms with Gasteiger partial charge in [-0.1, -0.05) is 11.6 Å². The summed E-state index contributed by atoms with van der Waals surface area (Å²) in [6.07, 6.45) is 9.83. The lowest BCUT2D eigenvalue weighted by Gasteiger charge is -2.34. The van der Waals surface area contributed by atoms with Gasteiger partial charge in [-0.05, 0) is 63.1 Å². The third-order valence-electron chi connectivity index (χ3n) is 5.94. The third kappa shape index (κ3) is 3.96. The SMILES string of the molecule is CC(c1nc(-c2cccnc2)no1)N1CCCCC(C2CCOCC2)C1. The fraction of sp³-hybridized carbons (Fsp3) is 0.650. The molecule has 2 aliphatic rings. The zero-order chi connectivity index (χ0) is 17.8. The van der Waals surface area contributed by atoms with Gasteiger partial charge in [0.2, 0.25) is 11.7 Å². The Kier molecular flexibility index (Phi) is 5.60. The van der Waals surface area contributed by atoms with Gasteiger partial charge in [0.05, 0.1) is 6.04 Å². The number of nitrogens with zero attached hydrogens (tertiary/aromatic N) is 4. The monoisotopic (exact) mass is 356 g/mol. The molecule has 0 amide bonds. The van der Waals surface area contributed by atoms with E-state index in [1.54, 1.807) is 12.4 Å². The van der Waals surface area contributed by atoms with Crippen LogP contribution in [0.2, 0.25) is 0 Å². The molecule has 4 heterocycles. The Morgan fingerprint density at radius 1 is 1.15 bits per heavy atom. The van der Waals surface area contributed by atoms with Crippen LogP contribution in [0.25, 0.3) is 11.4 Å². The van der Waals surface area contributed by atoms with Crippen molar-refractivity contribution in [1.82, 2.24) is 20.0 Å². The summed E-state index contributed by atoms with van der Waals surface area (Å²) in [6.45, 7) is 6.26. The van der Waals surface area contributed by atoms with E-state index in [1.165, 1.54) is 32.1 Å². The molecule has 0 aromatic carbocycles. The van der Waals surface area contributed by atoms with Crippen molar-refractivity contribution in [3.05, 3.63) is 30.4 Å². The molecular weight excluding hydrogens is 328 g/mol. The minimum Gasteiger partial charge on any atom is -0.381 e. The molecule has 6 heteroatoms. The van der Waals surface area contributed by atoms with Crippen LogP contribution >= 0.6 is 0 Å². The molecule has 0 saturated carbocycles. The summed E-state index contributed by atoms with van der Waals surface area (Å²) in [4.78, 5) is 11.3. The van der Waals surface area contributed by atoms with E-state index in [-0.39, 0.29) is 6.04 Å². The van der Waals surface area contributed by atoms with Crippen molar-refractivity contribution in [3.63, 3.8) is 0 Å². The highest BCUT2D eigenvalue weighted by Gasteiger charge is 2.31. The maximum atomic E-state index is 5.61. The third-order valence-corrected chi connectivity index (χ3v) is 5.94. The van der Waals surface area contributed by atoms with E-state index in [4.69, 9.17) is 9.26 Å². The van der Waals surface area contributed by atoms with E-state index in [1.807, 2.05) is 12.1 Å². The number of ether oxygens (including phenoxy) is 1. The van der Waals surface area contributed by atoms with E-state index in [9.17, 15) is 0 Å². The fourth-order valence-electron chi connectivity index (χ4n) is 4.30. The molecule has 2 saturated heterocycles. The van der Waals surface area contributed by atoms with Crippen molar-refractivity contribution in [3.8, 4) is 11.4 Å². The van der Waals surface area contributed by atoms with Gasteiger partial charge in [-0.15, -0.1) is 0 Å². The minimum atomic E-state index is 0.147. The Labute approximate surface area is 154 Å². The highest BCUT2D eigenvalue weighted by atomic mass is 16.5. The van der Waals surface area contributed by atoms with E-state index in [0.29, 0.717) is 11.7 Å². The molecule has 2 unspecified atom stereocenters. The lowest BCUT2D eigenvalue weighted by atomic mass is 9.83. The summed E-state index contributed by atoms with van der Waals surface area (Å²) in [7, 11) is 0. The Hall–Kier alpha value is -1.79. The van der Waals surface area contributed by atoms with Crippen LogP contribution in [0.1, 0.15) is 51.0 Å². The van der Waals surface area contributed by atoms with Crippen LogP contribution in [-0.2, 0) is 4.74 Å². The van der Waals surface area contributed by atoms with Crippen LogP contribution in [0.5, 0.6) is 0 Å². The van der Waals surface area contributed by atoms with Crippen molar-refractivity contribution >= 4 is 0 Å². The molecule has 0 bridgehead atoms. The van der Waals surface area contributed by atoms with Crippen molar-refractivity contribution in [2.75, 3.05) is 26.3 Å². The number of pyridine rings is 1. The molecule has 26 heavy (non-hydrogen) atoms. The summed E-state index contributed by atoms with van der Waals surface area (Å²) in [5, 5.41) is 4.17. The van der Waals surface area contributed by atoms with Gasteiger partial charge in [-0.25, -0.2) is 0 Å². The van der Waals surface area contributed by atoms with Crippen LogP contribution in [0.3, 0.4) is 0 Å². The highest BCUT2D eigenvalue weighted by Crippen LogP contribution is 2.33. The molecule has 0 N–H and O–H groups in total. The zero-order valence-electron chi connectivity index (χ0n) is 15.5. The van der Waals surface area contributed by atoms with Gasteiger partial charge in [0.1, 0.15) is 0 Å². The van der Waals surface area contributed by atoms with Crippen LogP contribution < -0.4 is 0 Å². The normalized spacial score (nSPS) is 24.3. The van der Waals surface area contributed by atoms with E-state index < -0.39 is 0 Å². The molecule has 0 spiro atoms. The van der Waals surface area contributed by atoms with E-state index in [0.717, 1.165) is 43.7 Å². The molecule has 2 aromatic heterocycles. The maximum absolute atomic E-state index is 5.61. The Morgan fingerprint density at radius 3 is 2.85 bits per heavy atom. The lowest BCUT2D eigenvalue weighted by Crippen LogP contribution is -2.35. The number of aromatic nitrogens is 3. The van der Waals surface area contributed by atoms with Gasteiger partial charge in [0.25, 0.3) is 0 Å². The highest BCUT2D eigenvalue weighted by molar-refractivity contribution is 5.51. The molecule has 140 valence electrons. The van der Waals surface area contributed by atoms with Crippen LogP contribution in [0, 0.1) is 11.8 Å². The number of hydrogen-bond acceptors (Lipinski definition) is 6. The average Bonchev–Trinajstić information content (AvgIpc) is 3.07. The number of likely N-dealkylation sites (tertiary alicyclic amines) is 1. The van der Waals surface area contributed by atoms with Crippen molar-refractivity contribution in [2.24, 2.45) is 11.8 Å². The standard InChI is InChI=1S/C20H28N4O2/c1-15(20-22-19(23-26-20)17-6-4-9-21-13-17)24-10-3-2-5-18(14-24)16-7-11-25-12-8-16/h4,6,9,13,15-16,18H,2-3,5,7-8,10-12,14H2,1H3. The summed E-state index contributed by atoms with van der Waals surface area (Å²) in [5.74, 6) is 2.88. The second kappa shape index (κ2) is 8.27. The summed E-state index contributed by atoms with van der Waals surface area (Å²) < 4.78 is 11.2. The molecule has 0 radical (unpaired) electrons. The predicted octanol–water partition coefficient (Wildman–Crippen LogP) is 3.72. The first-order chi connectivity index (χ1) is 12.8. The van der Waals surface area contributed by atoms with Gasteiger partial charge in [0.15, 0.2) is 0 Å². The number of hydrogen-bond donors (Lipinski definition) is 0. The lowest BCUT2D eigenvalue weighted by molar-refractivity contribution is 0.0348. The number of rotatable bonds is 4. The van der Waals surface area contributed by atoms with E-state index >= 15 is 0 Å². The van der Waals surface area contributed by atoms with Gasteiger partial charge in [0, 0.05) is 37.7 Å². The molecule has 2 fully saturated rings. The van der Waals surface area contributed by atoms with Crippen molar-refractivity contribution < 1.29 is 9.26 Å². The van der Waals surface area contributed by atoms with Crippen LogP contribution in [-0.4, -0.2) is 46.3 Å². The summed E-state index contributed by atoms with van der Waals surface area (Å²) in [6, 6.07) is 4.00. The van der Waals surface area contributed by atoms with Gasteiger partial charge in [-0.3, -0.25) is 9.88 Å². The van der Waals surface area contributed by atoms with Crippen molar-refractivity contribution in [1.29, 1.82) is 0 Å². The maximum Gasteiger partial charge on any atom is 0.244 e. The Balaban J connectivity index is 1.46. The fourth-order valence-corrected chi connectivity index (χ4v) is 4.30. The topological polar surface area (TPSA) is 64.3 Å². The second-order valence-corrected chi connectivity index (χ2v) is 7.57. The molecule has 2 aromatic rings. The Bertz CT molecular complexity index is 684. The van der Waals surface area contributed by atoms with Gasteiger partial charge < -0.3 is 9.26 Å². The summed E-state index contributed by atoms with van der Waals surface area (Å²) >= 11 is 0. The Morgan fingerprint density at radius 2 is 2.04 bits per heavy atom. The molecule has 2 atom stereocenters. The smallest absolute Gasteiger partial charge is 0.244 e. The van der Waals surface area contributed by atoms with Crippen LogP contribution in [0.15, 0.2) is 29.0 Å². The van der Waals surface area contributed by atoms with Gasteiger partial charge in [-0.2, -0.15) is 4.98 Å². The first-order valence-corrected chi connectivity index (χ1v) is 9.87. The zero-order valence-corrected chi connectivity index (χ0v) is 15.5. The second-order valence-electron chi connectivity index (χ2n) is 7.57. The molecule has 6 nitrogen and oxygen atoms in total. The largest absolute Gasteiger partial charge is 0.381 e. The first-order valence-electron chi connectivity index (χ1n) is 9.87. The van der Waals surface area contributed by atoms with E-state index in [2.05, 4.69) is 26.9 Å². The molecule has 4 rings (SSSR count). The average molecular weight is 356 g/mol. The quantitative estimate of drug-likeness (QED) is 0.832. The summed E-state index contributed by atoms with van der Waals surface area (Å²) in [5.41, 5.74) is 0.894. The van der Waals surface area contributed by atoms with Gasteiger partial charge >= 0.3 is 0 Å². The predicted molar refractivity (Wildman–Crippen MR) is 98.4 cm³/mol. The molecular formula is C20H28N4O2. The minimum absolute atomic E-state index is 0.147. The molecule has 2 aliphatic heterocycles. The first kappa shape index (κ1) is 17.6. The molecule has 0 aliphatic carbocycles.